The van der Waals surface area contributed by atoms with Crippen molar-refractivity contribution >= 4 is 12.0 Å². The number of hydrogen-bond donors (Lipinski definition) is 1. The molecule has 0 spiro atoms. The molecule has 2 rings (SSSR count). The van der Waals surface area contributed by atoms with Gasteiger partial charge in [0.05, 0.1) is 12.7 Å². The minimum absolute atomic E-state index is 0.238. The van der Waals surface area contributed by atoms with Crippen LogP contribution in [0.1, 0.15) is 25.3 Å². The molecule has 7 heteroatoms. The monoisotopic (exact) mass is 294 g/mol. The van der Waals surface area contributed by atoms with Crippen LogP contribution in [-0.4, -0.2) is 56.3 Å². The van der Waals surface area contributed by atoms with Gasteiger partial charge in [-0.3, -0.25) is 4.68 Å². The van der Waals surface area contributed by atoms with Crippen LogP contribution < -0.4 is 0 Å². The number of carboxylic acid groups (broad SMARTS) is 1. The first kappa shape index (κ1) is 15.3. The summed E-state index contributed by atoms with van der Waals surface area (Å²) >= 11 is 0. The number of carbonyl (C=O) groups is 2. The Morgan fingerprint density at radius 2 is 2.24 bits per heavy atom. The highest BCUT2D eigenvalue weighted by Gasteiger charge is 2.36. The fraction of sp³-hybridized carbons (Fsp3) is 0.643. The third-order valence-corrected chi connectivity index (χ3v) is 3.90. The number of rotatable bonds is 3. The lowest BCUT2D eigenvalue weighted by atomic mass is 9.92. The molecule has 2 atom stereocenters. The van der Waals surface area contributed by atoms with Crippen molar-refractivity contribution in [2.75, 3.05) is 13.6 Å². The van der Waals surface area contributed by atoms with Gasteiger partial charge in [0.1, 0.15) is 6.04 Å². The zero-order valence-corrected chi connectivity index (χ0v) is 12.7. The molecule has 2 unspecified atom stereocenters. The molecule has 0 bridgehead atoms. The Hall–Kier alpha value is -2.05. The van der Waals surface area contributed by atoms with Crippen LogP contribution in [0.25, 0.3) is 0 Å². The Balaban J connectivity index is 2.04. The van der Waals surface area contributed by atoms with E-state index >= 15 is 0 Å². The molecule has 1 aliphatic rings. The number of aryl methyl sites for hydroxylation is 1. The van der Waals surface area contributed by atoms with E-state index in [1.54, 1.807) is 22.8 Å². The molecule has 1 fully saturated rings. The first-order chi connectivity index (χ1) is 9.88. The first-order valence-electron chi connectivity index (χ1n) is 7.10. The molecule has 0 aromatic carbocycles. The van der Waals surface area contributed by atoms with E-state index in [4.69, 9.17) is 0 Å². The van der Waals surface area contributed by atoms with Crippen molar-refractivity contribution in [2.45, 2.75) is 32.4 Å². The second-order valence-corrected chi connectivity index (χ2v) is 5.84. The second-order valence-electron chi connectivity index (χ2n) is 5.84. The Morgan fingerprint density at radius 3 is 2.81 bits per heavy atom. The van der Waals surface area contributed by atoms with Gasteiger partial charge in [0.15, 0.2) is 0 Å². The molecule has 1 saturated heterocycles. The maximum Gasteiger partial charge on any atom is 0.326 e. The van der Waals surface area contributed by atoms with Crippen LogP contribution in [0.5, 0.6) is 0 Å². The van der Waals surface area contributed by atoms with Crippen LogP contribution in [0.2, 0.25) is 0 Å². The summed E-state index contributed by atoms with van der Waals surface area (Å²) < 4.78 is 1.68. The Kier molecular flexibility index (Phi) is 4.50. The van der Waals surface area contributed by atoms with Crippen LogP contribution >= 0.6 is 0 Å². The van der Waals surface area contributed by atoms with E-state index < -0.39 is 12.0 Å². The van der Waals surface area contributed by atoms with Crippen LogP contribution in [0.3, 0.4) is 0 Å². The summed E-state index contributed by atoms with van der Waals surface area (Å²) in [5, 5.41) is 13.4. The zero-order valence-electron chi connectivity index (χ0n) is 12.7. The van der Waals surface area contributed by atoms with Gasteiger partial charge < -0.3 is 14.9 Å². The quantitative estimate of drug-likeness (QED) is 0.907. The number of nitrogens with zero attached hydrogens (tertiary/aromatic N) is 4. The summed E-state index contributed by atoms with van der Waals surface area (Å²) in [7, 11) is 3.50. The predicted octanol–water partition coefficient (Wildman–Crippen LogP) is 1.16. The molecular formula is C14H22N4O3. The second kappa shape index (κ2) is 6.15. The third kappa shape index (κ3) is 3.53. The van der Waals surface area contributed by atoms with Gasteiger partial charge in [-0.1, -0.05) is 6.92 Å². The van der Waals surface area contributed by atoms with E-state index in [1.807, 2.05) is 20.2 Å². The summed E-state index contributed by atoms with van der Waals surface area (Å²) in [6.45, 7) is 2.94. The van der Waals surface area contributed by atoms with Gasteiger partial charge in [-0.15, -0.1) is 0 Å². The van der Waals surface area contributed by atoms with E-state index in [1.165, 1.54) is 4.90 Å². The number of aromatic nitrogens is 2. The summed E-state index contributed by atoms with van der Waals surface area (Å²) in [6.07, 6.45) is 4.91. The minimum atomic E-state index is -0.926. The van der Waals surface area contributed by atoms with Gasteiger partial charge in [-0.2, -0.15) is 5.10 Å². The fourth-order valence-corrected chi connectivity index (χ4v) is 2.72. The number of aliphatic carboxylic acids is 1. The largest absolute Gasteiger partial charge is 0.480 e. The van der Waals surface area contributed by atoms with Crippen molar-refractivity contribution in [1.82, 2.24) is 19.6 Å². The smallest absolute Gasteiger partial charge is 0.326 e. The Morgan fingerprint density at radius 1 is 1.52 bits per heavy atom. The summed E-state index contributed by atoms with van der Waals surface area (Å²) in [5.41, 5.74) is 0.922. The van der Waals surface area contributed by atoms with Crippen molar-refractivity contribution in [1.29, 1.82) is 0 Å². The molecule has 116 valence electrons. The van der Waals surface area contributed by atoms with Crippen molar-refractivity contribution in [3.8, 4) is 0 Å². The standard InChI is InChI=1S/C14H22N4O3/c1-10-4-5-18(12(6-10)13(19)20)14(21)16(2)8-11-7-15-17(3)9-11/h7,9-10,12H,4-6,8H2,1-3H3,(H,19,20). The van der Waals surface area contributed by atoms with Crippen molar-refractivity contribution in [3.05, 3.63) is 18.0 Å². The van der Waals surface area contributed by atoms with Gasteiger partial charge in [-0.25, -0.2) is 9.59 Å². The van der Waals surface area contributed by atoms with E-state index in [9.17, 15) is 14.7 Å². The highest BCUT2D eigenvalue weighted by molar-refractivity contribution is 5.82. The normalized spacial score (nSPS) is 22.1. The molecule has 2 heterocycles. The maximum atomic E-state index is 12.5. The molecule has 0 radical (unpaired) electrons. The first-order valence-corrected chi connectivity index (χ1v) is 7.10. The molecule has 0 saturated carbocycles. The Bertz CT molecular complexity index is 528. The highest BCUT2D eigenvalue weighted by atomic mass is 16.4. The van der Waals surface area contributed by atoms with E-state index in [2.05, 4.69) is 5.10 Å². The predicted molar refractivity (Wildman–Crippen MR) is 76.6 cm³/mol. The molecule has 1 N–H and O–H groups in total. The molecule has 7 nitrogen and oxygen atoms in total. The lowest BCUT2D eigenvalue weighted by molar-refractivity contribution is -0.144. The van der Waals surface area contributed by atoms with Gasteiger partial charge >= 0.3 is 12.0 Å². The van der Waals surface area contributed by atoms with Crippen LogP contribution in [-0.2, 0) is 18.4 Å². The molecule has 0 aliphatic carbocycles. The van der Waals surface area contributed by atoms with Crippen LogP contribution in [0.4, 0.5) is 4.79 Å². The van der Waals surface area contributed by atoms with Gasteiger partial charge in [0.25, 0.3) is 0 Å². The number of amides is 2. The average molecular weight is 294 g/mol. The van der Waals surface area contributed by atoms with Crippen LogP contribution in [0, 0.1) is 5.92 Å². The Labute approximate surface area is 124 Å². The minimum Gasteiger partial charge on any atom is -0.480 e. The van der Waals surface area contributed by atoms with E-state index in [-0.39, 0.29) is 6.03 Å². The molecule has 1 aliphatic heterocycles. The van der Waals surface area contributed by atoms with Crippen LogP contribution in [0.15, 0.2) is 12.4 Å². The fourth-order valence-electron chi connectivity index (χ4n) is 2.72. The van der Waals surface area contributed by atoms with Crippen molar-refractivity contribution < 1.29 is 14.7 Å². The average Bonchev–Trinajstić information content (AvgIpc) is 2.83. The molecular weight excluding hydrogens is 272 g/mol. The van der Waals surface area contributed by atoms with Gasteiger partial charge in [0.2, 0.25) is 0 Å². The van der Waals surface area contributed by atoms with E-state index in [0.717, 1.165) is 12.0 Å². The molecule has 1 aromatic rings. The summed E-state index contributed by atoms with van der Waals surface area (Å²) in [6, 6.07) is -0.962. The molecule has 1 aromatic heterocycles. The highest BCUT2D eigenvalue weighted by Crippen LogP contribution is 2.24. The number of urea groups is 1. The van der Waals surface area contributed by atoms with Crippen molar-refractivity contribution in [2.24, 2.45) is 13.0 Å². The zero-order chi connectivity index (χ0) is 15.6. The van der Waals surface area contributed by atoms with E-state index in [0.29, 0.717) is 25.4 Å². The summed E-state index contributed by atoms with van der Waals surface area (Å²) in [5.74, 6) is -0.594. The van der Waals surface area contributed by atoms with Gasteiger partial charge in [-0.05, 0) is 18.8 Å². The SMILES string of the molecule is CC1CCN(C(=O)N(C)Cc2cnn(C)c2)C(C(=O)O)C1. The maximum absolute atomic E-state index is 12.5. The molecule has 21 heavy (non-hydrogen) atoms. The number of piperidine rings is 1. The third-order valence-electron chi connectivity index (χ3n) is 3.90. The topological polar surface area (TPSA) is 78.7 Å². The lowest BCUT2D eigenvalue weighted by Crippen LogP contribution is -2.53. The van der Waals surface area contributed by atoms with Gasteiger partial charge in [0, 0.05) is 32.4 Å². The number of hydrogen-bond acceptors (Lipinski definition) is 3. The van der Waals surface area contributed by atoms with Crippen molar-refractivity contribution in [3.63, 3.8) is 0 Å². The number of likely N-dealkylation sites (tertiary alicyclic amines) is 1. The summed E-state index contributed by atoms with van der Waals surface area (Å²) in [4.78, 5) is 26.9. The number of carbonyl (C=O) groups excluding carboxylic acids is 1. The lowest BCUT2D eigenvalue weighted by Gasteiger charge is -2.38. The molecule has 2 amide bonds. The number of carboxylic acids is 1.